The number of rotatable bonds is 3. The molecule has 0 aromatic heterocycles. The fourth-order valence-electron chi connectivity index (χ4n) is 4.15. The minimum absolute atomic E-state index is 0.147. The number of ketones is 1. The Hall–Kier alpha value is -1.02. The average molecular weight is 339 g/mol. The number of carbonyl (C=O) groups is 2. The number of hydrogen-bond acceptors (Lipinski definition) is 7. The van der Waals surface area contributed by atoms with Gasteiger partial charge >= 0.3 is 5.97 Å². The van der Waals surface area contributed by atoms with Gasteiger partial charge in [-0.25, -0.2) is 0 Å². The van der Waals surface area contributed by atoms with E-state index in [1.165, 1.54) is 0 Å². The lowest BCUT2D eigenvalue weighted by Crippen LogP contribution is -2.68. The van der Waals surface area contributed by atoms with Gasteiger partial charge in [-0.3, -0.25) is 20.2 Å². The molecule has 0 saturated carbocycles. The van der Waals surface area contributed by atoms with Crippen molar-refractivity contribution in [1.82, 2.24) is 10.6 Å². The van der Waals surface area contributed by atoms with Gasteiger partial charge in [-0.15, -0.1) is 0 Å². The first-order chi connectivity index (χ1) is 11.4. The number of piperidine rings is 2. The molecule has 3 heterocycles. The summed E-state index contributed by atoms with van der Waals surface area (Å²) >= 11 is 0. The summed E-state index contributed by atoms with van der Waals surface area (Å²) in [5.74, 6) is -0.160. The summed E-state index contributed by atoms with van der Waals surface area (Å²) in [6, 6.07) is 0. The molecule has 24 heavy (non-hydrogen) atoms. The van der Waals surface area contributed by atoms with Crippen molar-refractivity contribution in [3.05, 3.63) is 0 Å². The number of Topliss-reactive ketones (excluding diaryl/α,β-unsaturated/α-hetero) is 1. The molecule has 0 amide bonds. The summed E-state index contributed by atoms with van der Waals surface area (Å²) in [7, 11) is 0. The zero-order valence-corrected chi connectivity index (χ0v) is 14.7. The number of carbonyl (C=O) groups excluding carboxylic acids is 2. The quantitative estimate of drug-likeness (QED) is 0.631. The highest BCUT2D eigenvalue weighted by molar-refractivity contribution is 5.86. The summed E-state index contributed by atoms with van der Waals surface area (Å²) < 4.78 is 11.2. The van der Waals surface area contributed by atoms with Gasteiger partial charge in [0, 0.05) is 6.54 Å². The normalized spacial score (nSPS) is 42.4. The van der Waals surface area contributed by atoms with E-state index in [0.717, 1.165) is 13.0 Å². The van der Waals surface area contributed by atoms with Crippen LogP contribution in [-0.4, -0.2) is 43.5 Å². The van der Waals surface area contributed by atoms with Crippen molar-refractivity contribution in [2.75, 3.05) is 13.2 Å². The van der Waals surface area contributed by atoms with Gasteiger partial charge in [0.2, 0.25) is 0 Å². The first kappa shape index (κ1) is 17.8. The molecule has 0 spiro atoms. The molecule has 0 bridgehead atoms. The third-order valence-electron chi connectivity index (χ3n) is 5.72. The van der Waals surface area contributed by atoms with E-state index >= 15 is 0 Å². The second-order valence-corrected chi connectivity index (χ2v) is 7.53. The fraction of sp³-hybridized carbons (Fsp3) is 0.882. The van der Waals surface area contributed by atoms with Gasteiger partial charge in [-0.1, -0.05) is 13.8 Å². The van der Waals surface area contributed by atoms with Crippen molar-refractivity contribution in [1.29, 1.82) is 0 Å². The standard InChI is InChI=1S/C17H29N3O4/c1-4-23-17(22)12-6-11-13(21)10-5-9(8(2)3)7-19-15(10)24-16(11)20-14(12)18/h8-12,14-16,19-20H,4-7,18H2,1-3H3. The van der Waals surface area contributed by atoms with Crippen molar-refractivity contribution in [3.8, 4) is 0 Å². The predicted octanol–water partition coefficient (Wildman–Crippen LogP) is 0.193. The lowest BCUT2D eigenvalue weighted by molar-refractivity contribution is -0.189. The zero-order valence-electron chi connectivity index (χ0n) is 14.7. The molecular weight excluding hydrogens is 310 g/mol. The summed E-state index contributed by atoms with van der Waals surface area (Å²) in [4.78, 5) is 25.1. The van der Waals surface area contributed by atoms with E-state index in [2.05, 4.69) is 24.5 Å². The molecule has 3 aliphatic heterocycles. The highest BCUT2D eigenvalue weighted by atomic mass is 16.5. The van der Waals surface area contributed by atoms with Gasteiger partial charge in [0.15, 0.2) is 0 Å². The molecule has 3 aliphatic rings. The van der Waals surface area contributed by atoms with Gasteiger partial charge < -0.3 is 15.2 Å². The third kappa shape index (κ3) is 3.22. The number of nitrogens with two attached hydrogens (primary N) is 1. The molecular formula is C17H29N3O4. The first-order valence-corrected chi connectivity index (χ1v) is 9.03. The highest BCUT2D eigenvalue weighted by Gasteiger charge is 2.52. The van der Waals surface area contributed by atoms with Crippen LogP contribution in [0.3, 0.4) is 0 Å². The minimum Gasteiger partial charge on any atom is -0.466 e. The number of nitrogens with one attached hydrogen (secondary N) is 2. The van der Waals surface area contributed by atoms with Crippen molar-refractivity contribution in [2.45, 2.75) is 52.2 Å². The largest absolute Gasteiger partial charge is 0.466 e. The maximum atomic E-state index is 13.0. The second-order valence-electron chi connectivity index (χ2n) is 7.53. The Kier molecular flexibility index (Phi) is 5.24. The molecule has 7 unspecified atom stereocenters. The van der Waals surface area contributed by atoms with Crippen LogP contribution >= 0.6 is 0 Å². The number of fused-ring (bicyclic) bond motifs is 2. The molecule has 7 heteroatoms. The SMILES string of the molecule is CCOC(=O)C1CC2C(=O)C3CC(C(C)C)CNC3OC2NC1N. The smallest absolute Gasteiger partial charge is 0.311 e. The zero-order chi connectivity index (χ0) is 17.4. The van der Waals surface area contributed by atoms with E-state index in [1.807, 2.05) is 0 Å². The molecule has 3 fully saturated rings. The monoisotopic (exact) mass is 339 g/mol. The van der Waals surface area contributed by atoms with Crippen LogP contribution in [0.1, 0.15) is 33.6 Å². The molecule has 0 aromatic carbocycles. The highest BCUT2D eigenvalue weighted by Crippen LogP contribution is 2.38. The summed E-state index contributed by atoms with van der Waals surface area (Å²) in [6.45, 7) is 7.30. The third-order valence-corrected chi connectivity index (χ3v) is 5.72. The van der Waals surface area contributed by atoms with E-state index in [0.29, 0.717) is 24.9 Å². The van der Waals surface area contributed by atoms with E-state index in [1.54, 1.807) is 6.92 Å². The molecule has 0 aromatic rings. The fourth-order valence-corrected chi connectivity index (χ4v) is 4.15. The van der Waals surface area contributed by atoms with Crippen molar-refractivity contribution >= 4 is 11.8 Å². The topological polar surface area (TPSA) is 103 Å². The van der Waals surface area contributed by atoms with Crippen LogP contribution in [-0.2, 0) is 19.1 Å². The lowest BCUT2D eigenvalue weighted by Gasteiger charge is -2.49. The van der Waals surface area contributed by atoms with Crippen LogP contribution in [0, 0.1) is 29.6 Å². The van der Waals surface area contributed by atoms with E-state index in [9.17, 15) is 9.59 Å². The van der Waals surface area contributed by atoms with Crippen molar-refractivity contribution < 1.29 is 19.1 Å². The molecule has 136 valence electrons. The molecule has 4 N–H and O–H groups in total. The number of esters is 1. The van der Waals surface area contributed by atoms with Crippen molar-refractivity contribution in [3.63, 3.8) is 0 Å². The Morgan fingerprint density at radius 2 is 2.04 bits per heavy atom. The Labute approximate surface area is 143 Å². The van der Waals surface area contributed by atoms with Crippen LogP contribution in [0.25, 0.3) is 0 Å². The summed E-state index contributed by atoms with van der Waals surface area (Å²) in [5, 5.41) is 6.47. The Morgan fingerprint density at radius 3 is 2.71 bits per heavy atom. The minimum atomic E-state index is -0.554. The number of ether oxygens (including phenoxy) is 2. The van der Waals surface area contributed by atoms with Gasteiger partial charge in [-0.2, -0.15) is 0 Å². The molecule has 0 radical (unpaired) electrons. The van der Waals surface area contributed by atoms with Crippen LogP contribution in [0.15, 0.2) is 0 Å². The Bertz CT molecular complexity index is 498. The van der Waals surface area contributed by atoms with Gasteiger partial charge in [-0.05, 0) is 31.6 Å². The van der Waals surface area contributed by atoms with Crippen LogP contribution in [0.2, 0.25) is 0 Å². The molecule has 7 atom stereocenters. The first-order valence-electron chi connectivity index (χ1n) is 9.03. The lowest BCUT2D eigenvalue weighted by atomic mass is 9.72. The van der Waals surface area contributed by atoms with Gasteiger partial charge in [0.1, 0.15) is 18.2 Å². The van der Waals surface area contributed by atoms with Crippen LogP contribution in [0.5, 0.6) is 0 Å². The predicted molar refractivity (Wildman–Crippen MR) is 87.4 cm³/mol. The summed E-state index contributed by atoms with van der Waals surface area (Å²) in [5.41, 5.74) is 6.07. The van der Waals surface area contributed by atoms with Gasteiger partial charge in [0.05, 0.1) is 30.5 Å². The van der Waals surface area contributed by atoms with Crippen LogP contribution < -0.4 is 16.4 Å². The van der Waals surface area contributed by atoms with E-state index in [-0.39, 0.29) is 29.8 Å². The Balaban J connectivity index is 1.73. The second kappa shape index (κ2) is 7.07. The molecule has 0 aliphatic carbocycles. The Morgan fingerprint density at radius 1 is 1.33 bits per heavy atom. The molecule has 3 saturated heterocycles. The maximum Gasteiger partial charge on any atom is 0.311 e. The number of hydrogen-bond donors (Lipinski definition) is 3. The van der Waals surface area contributed by atoms with Crippen LogP contribution in [0.4, 0.5) is 0 Å². The van der Waals surface area contributed by atoms with Gasteiger partial charge in [0.25, 0.3) is 0 Å². The summed E-state index contributed by atoms with van der Waals surface area (Å²) in [6.07, 6.45) is -0.00341. The van der Waals surface area contributed by atoms with Crippen molar-refractivity contribution in [2.24, 2.45) is 35.3 Å². The van der Waals surface area contributed by atoms with E-state index in [4.69, 9.17) is 15.2 Å². The molecule has 3 rings (SSSR count). The van der Waals surface area contributed by atoms with E-state index < -0.39 is 18.3 Å². The maximum absolute atomic E-state index is 13.0. The average Bonchev–Trinajstić information content (AvgIpc) is 2.54. The molecule has 7 nitrogen and oxygen atoms in total.